The molecule has 0 spiro atoms. The first-order valence-corrected chi connectivity index (χ1v) is 7.78. The minimum atomic E-state index is 0. The molecule has 2 N–H and O–H groups in total. The van der Waals surface area contributed by atoms with E-state index in [4.69, 9.17) is 4.74 Å². The monoisotopic (exact) mass is 431 g/mol. The van der Waals surface area contributed by atoms with Gasteiger partial charge in [0.1, 0.15) is 0 Å². The zero-order valence-corrected chi connectivity index (χ0v) is 16.0. The van der Waals surface area contributed by atoms with Crippen LogP contribution in [0.15, 0.2) is 46.1 Å². The van der Waals surface area contributed by atoms with Crippen molar-refractivity contribution < 1.29 is 4.74 Å². The van der Waals surface area contributed by atoms with Crippen LogP contribution >= 0.6 is 35.3 Å². The number of nitrogens with one attached hydrogen (secondary N) is 2. The molecule has 0 unspecified atom stereocenters. The molecular weight excluding hydrogens is 409 g/mol. The fraction of sp³-hybridized carbons (Fsp3) is 0.312. The van der Waals surface area contributed by atoms with Crippen molar-refractivity contribution in [3.63, 3.8) is 0 Å². The number of thiophene rings is 1. The van der Waals surface area contributed by atoms with Crippen molar-refractivity contribution in [3.05, 3.63) is 57.8 Å². The molecule has 4 nitrogen and oxygen atoms in total. The third kappa shape index (κ3) is 6.33. The molecule has 0 fully saturated rings. The lowest BCUT2D eigenvalue weighted by Gasteiger charge is -2.11. The summed E-state index contributed by atoms with van der Waals surface area (Å²) in [6.07, 6.45) is 0. The van der Waals surface area contributed by atoms with Crippen LogP contribution in [0.4, 0.5) is 0 Å². The van der Waals surface area contributed by atoms with Crippen LogP contribution in [0.25, 0.3) is 0 Å². The first-order valence-electron chi connectivity index (χ1n) is 6.84. The molecule has 0 saturated heterocycles. The number of rotatable bonds is 6. The third-order valence-electron chi connectivity index (χ3n) is 3.06. The minimum absolute atomic E-state index is 0. The Hall–Kier alpha value is -1.12. The summed E-state index contributed by atoms with van der Waals surface area (Å²) in [5, 5.41) is 10.8. The largest absolute Gasteiger partial charge is 0.380 e. The zero-order chi connectivity index (χ0) is 14.9. The van der Waals surface area contributed by atoms with Crippen molar-refractivity contribution in [3.8, 4) is 0 Å². The highest BCUT2D eigenvalue weighted by Gasteiger charge is 2.00. The van der Waals surface area contributed by atoms with Crippen molar-refractivity contribution in [2.24, 2.45) is 4.99 Å². The topological polar surface area (TPSA) is 45.7 Å². The summed E-state index contributed by atoms with van der Waals surface area (Å²) in [5.41, 5.74) is 3.67. The first-order chi connectivity index (χ1) is 10.3. The van der Waals surface area contributed by atoms with Crippen LogP contribution < -0.4 is 10.6 Å². The molecule has 0 bridgehead atoms. The molecule has 6 heteroatoms. The quantitative estimate of drug-likeness (QED) is 0.419. The molecule has 1 aromatic carbocycles. The summed E-state index contributed by atoms with van der Waals surface area (Å²) in [4.78, 5) is 4.23. The van der Waals surface area contributed by atoms with Gasteiger partial charge in [0, 0.05) is 27.2 Å². The Morgan fingerprint density at radius 1 is 1.05 bits per heavy atom. The van der Waals surface area contributed by atoms with Gasteiger partial charge in [-0.05, 0) is 33.5 Å². The number of nitrogens with zero attached hydrogens (tertiary/aromatic N) is 1. The SMILES string of the molecule is CN=C(NCc1ccc(COC)cc1)NCc1ccsc1.I. The van der Waals surface area contributed by atoms with Crippen LogP contribution in [-0.2, 0) is 24.4 Å². The van der Waals surface area contributed by atoms with Gasteiger partial charge in [0.25, 0.3) is 0 Å². The summed E-state index contributed by atoms with van der Waals surface area (Å²) < 4.78 is 5.11. The highest BCUT2D eigenvalue weighted by atomic mass is 127. The Bertz CT molecular complexity index is 555. The van der Waals surface area contributed by atoms with E-state index in [0.29, 0.717) is 6.61 Å². The molecule has 0 atom stereocenters. The van der Waals surface area contributed by atoms with E-state index in [1.54, 1.807) is 25.5 Å². The lowest BCUT2D eigenvalue weighted by molar-refractivity contribution is 0.185. The van der Waals surface area contributed by atoms with Gasteiger partial charge >= 0.3 is 0 Å². The molecule has 0 aliphatic carbocycles. The van der Waals surface area contributed by atoms with E-state index in [0.717, 1.165) is 19.0 Å². The van der Waals surface area contributed by atoms with Gasteiger partial charge in [-0.15, -0.1) is 24.0 Å². The normalized spacial score (nSPS) is 10.9. The summed E-state index contributed by atoms with van der Waals surface area (Å²) in [5.74, 6) is 0.808. The molecule has 120 valence electrons. The van der Waals surface area contributed by atoms with Crippen LogP contribution in [0, 0.1) is 0 Å². The molecule has 0 saturated carbocycles. The predicted octanol–water partition coefficient (Wildman–Crippen LogP) is 3.38. The molecule has 0 aliphatic rings. The van der Waals surface area contributed by atoms with Crippen molar-refractivity contribution in [2.75, 3.05) is 14.2 Å². The molecule has 22 heavy (non-hydrogen) atoms. The molecule has 0 aliphatic heterocycles. The van der Waals surface area contributed by atoms with Gasteiger partial charge in [0.05, 0.1) is 6.61 Å². The lowest BCUT2D eigenvalue weighted by atomic mass is 10.1. The average molecular weight is 431 g/mol. The molecule has 2 aromatic rings. The van der Waals surface area contributed by atoms with Gasteiger partial charge in [-0.2, -0.15) is 11.3 Å². The number of aliphatic imine (C=N–C) groups is 1. The second kappa shape index (κ2) is 10.6. The molecule has 1 heterocycles. The second-order valence-corrected chi connectivity index (χ2v) is 5.44. The van der Waals surface area contributed by atoms with Crippen LogP contribution in [0.1, 0.15) is 16.7 Å². The van der Waals surface area contributed by atoms with Crippen molar-refractivity contribution >= 4 is 41.3 Å². The van der Waals surface area contributed by atoms with E-state index in [1.807, 2.05) is 0 Å². The van der Waals surface area contributed by atoms with E-state index < -0.39 is 0 Å². The molecule has 1 aromatic heterocycles. The zero-order valence-electron chi connectivity index (χ0n) is 12.8. The van der Waals surface area contributed by atoms with Gasteiger partial charge in [0.2, 0.25) is 0 Å². The van der Waals surface area contributed by atoms with Crippen molar-refractivity contribution in [1.29, 1.82) is 0 Å². The highest BCUT2D eigenvalue weighted by molar-refractivity contribution is 14.0. The average Bonchev–Trinajstić information content (AvgIpc) is 3.03. The molecule has 0 amide bonds. The Labute approximate surface area is 153 Å². The summed E-state index contributed by atoms with van der Waals surface area (Å²) >= 11 is 1.70. The standard InChI is InChI=1S/C16H21N3OS.HI/c1-17-16(19-10-15-7-8-21-12-15)18-9-13-3-5-14(6-4-13)11-20-2;/h3-8,12H,9-11H2,1-2H3,(H2,17,18,19);1H. The summed E-state index contributed by atoms with van der Waals surface area (Å²) in [6.45, 7) is 2.18. The minimum Gasteiger partial charge on any atom is -0.380 e. The molecular formula is C16H22IN3OS. The Kier molecular flexibility index (Phi) is 9.10. The number of methoxy groups -OCH3 is 1. The highest BCUT2D eigenvalue weighted by Crippen LogP contribution is 2.06. The Morgan fingerprint density at radius 3 is 2.23 bits per heavy atom. The fourth-order valence-corrected chi connectivity index (χ4v) is 2.57. The van der Waals surface area contributed by atoms with E-state index >= 15 is 0 Å². The fourth-order valence-electron chi connectivity index (χ4n) is 1.91. The number of benzene rings is 1. The number of hydrogen-bond acceptors (Lipinski definition) is 3. The van der Waals surface area contributed by atoms with E-state index in [-0.39, 0.29) is 24.0 Å². The second-order valence-electron chi connectivity index (χ2n) is 4.66. The van der Waals surface area contributed by atoms with Crippen LogP contribution in [-0.4, -0.2) is 20.1 Å². The van der Waals surface area contributed by atoms with Gasteiger partial charge in [0.15, 0.2) is 5.96 Å². The van der Waals surface area contributed by atoms with E-state index in [1.165, 1.54) is 16.7 Å². The van der Waals surface area contributed by atoms with Crippen molar-refractivity contribution in [2.45, 2.75) is 19.7 Å². The van der Waals surface area contributed by atoms with Crippen molar-refractivity contribution in [1.82, 2.24) is 10.6 Å². The third-order valence-corrected chi connectivity index (χ3v) is 3.79. The Morgan fingerprint density at radius 2 is 1.68 bits per heavy atom. The van der Waals surface area contributed by atoms with Gasteiger partial charge in [-0.3, -0.25) is 4.99 Å². The Balaban J connectivity index is 0.00000242. The van der Waals surface area contributed by atoms with Gasteiger partial charge < -0.3 is 15.4 Å². The molecule has 0 radical (unpaired) electrons. The molecule has 2 rings (SSSR count). The predicted molar refractivity (Wildman–Crippen MR) is 104 cm³/mol. The van der Waals surface area contributed by atoms with Gasteiger partial charge in [-0.25, -0.2) is 0 Å². The maximum Gasteiger partial charge on any atom is 0.191 e. The van der Waals surface area contributed by atoms with E-state index in [9.17, 15) is 0 Å². The number of guanidine groups is 1. The maximum absolute atomic E-state index is 5.11. The smallest absolute Gasteiger partial charge is 0.191 e. The summed E-state index contributed by atoms with van der Waals surface area (Å²) in [6, 6.07) is 10.5. The van der Waals surface area contributed by atoms with Crippen LogP contribution in [0.2, 0.25) is 0 Å². The lowest BCUT2D eigenvalue weighted by Crippen LogP contribution is -2.36. The van der Waals surface area contributed by atoms with Crippen LogP contribution in [0.5, 0.6) is 0 Å². The maximum atomic E-state index is 5.11. The van der Waals surface area contributed by atoms with E-state index in [2.05, 4.69) is 56.7 Å². The number of ether oxygens (including phenoxy) is 1. The number of halogens is 1. The van der Waals surface area contributed by atoms with Gasteiger partial charge in [-0.1, -0.05) is 24.3 Å². The number of hydrogen-bond donors (Lipinski definition) is 2. The summed E-state index contributed by atoms with van der Waals surface area (Å²) in [7, 11) is 3.49. The van der Waals surface area contributed by atoms with Crippen LogP contribution in [0.3, 0.4) is 0 Å². The first kappa shape index (κ1) is 18.9.